The highest BCUT2D eigenvalue weighted by atomic mass is 35.5. The summed E-state index contributed by atoms with van der Waals surface area (Å²) < 4.78 is 0. The van der Waals surface area contributed by atoms with Gasteiger partial charge in [0.1, 0.15) is 0 Å². The van der Waals surface area contributed by atoms with E-state index in [9.17, 15) is 0 Å². The summed E-state index contributed by atoms with van der Waals surface area (Å²) in [5.74, 6) is 0.387. The lowest BCUT2D eigenvalue weighted by atomic mass is 9.96. The third kappa shape index (κ3) is 2.89. The molecular formula is C14H16Cl2N4S. The molecule has 3 rings (SSSR count). The van der Waals surface area contributed by atoms with Crippen LogP contribution in [0.3, 0.4) is 0 Å². The van der Waals surface area contributed by atoms with Gasteiger partial charge in [-0.25, -0.2) is 0 Å². The van der Waals surface area contributed by atoms with Gasteiger partial charge in [-0.1, -0.05) is 41.5 Å². The highest BCUT2D eigenvalue weighted by Crippen LogP contribution is 2.36. The maximum atomic E-state index is 6.34. The van der Waals surface area contributed by atoms with Gasteiger partial charge in [0, 0.05) is 30.1 Å². The number of rotatable bonds is 3. The molecule has 1 aromatic carbocycles. The van der Waals surface area contributed by atoms with Crippen LogP contribution in [0.1, 0.15) is 24.1 Å². The molecule has 21 heavy (non-hydrogen) atoms. The first kappa shape index (κ1) is 15.1. The maximum absolute atomic E-state index is 6.34. The van der Waals surface area contributed by atoms with Crippen molar-refractivity contribution in [1.82, 2.24) is 21.2 Å². The molecule has 1 aliphatic rings. The Balaban J connectivity index is 2.12. The van der Waals surface area contributed by atoms with E-state index in [0.717, 1.165) is 34.7 Å². The minimum atomic E-state index is 0.387. The predicted molar refractivity (Wildman–Crippen MR) is 92.2 cm³/mol. The molecule has 4 nitrogen and oxygen atoms in total. The van der Waals surface area contributed by atoms with E-state index >= 15 is 0 Å². The van der Waals surface area contributed by atoms with Crippen LogP contribution < -0.4 is 16.2 Å². The maximum Gasteiger partial charge on any atom is 0.0833 e. The second kappa shape index (κ2) is 6.10. The molecular weight excluding hydrogens is 327 g/mol. The summed E-state index contributed by atoms with van der Waals surface area (Å²) in [6, 6.07) is 3.88. The van der Waals surface area contributed by atoms with Crippen molar-refractivity contribution >= 4 is 51.3 Å². The molecule has 112 valence electrons. The first-order valence-electron chi connectivity index (χ1n) is 6.76. The zero-order valence-electron chi connectivity index (χ0n) is 11.5. The van der Waals surface area contributed by atoms with Crippen molar-refractivity contribution in [3.8, 4) is 0 Å². The number of benzene rings is 1. The average molecular weight is 343 g/mol. The molecule has 4 N–H and O–H groups in total. The van der Waals surface area contributed by atoms with Gasteiger partial charge >= 0.3 is 0 Å². The zero-order valence-corrected chi connectivity index (χ0v) is 13.8. The van der Waals surface area contributed by atoms with Crippen molar-refractivity contribution in [1.29, 1.82) is 0 Å². The van der Waals surface area contributed by atoms with Crippen molar-refractivity contribution in [3.05, 3.63) is 33.4 Å². The normalized spacial score (nSPS) is 15.8. The van der Waals surface area contributed by atoms with Crippen LogP contribution >= 0.6 is 35.4 Å². The van der Waals surface area contributed by atoms with Crippen LogP contribution in [0.25, 0.3) is 10.9 Å². The van der Waals surface area contributed by atoms with Gasteiger partial charge in [-0.05, 0) is 18.6 Å². The SMILES string of the molecule is CC(=S)NCc1[nH]c2c(Cl)c(Cl)ccc2c1C1CNNC1. The average Bonchev–Trinajstić information content (AvgIpc) is 3.07. The van der Waals surface area contributed by atoms with E-state index in [2.05, 4.69) is 21.2 Å². The second-order valence-corrected chi connectivity index (χ2v) is 6.57. The Morgan fingerprint density at radius 1 is 1.33 bits per heavy atom. The Morgan fingerprint density at radius 2 is 2.05 bits per heavy atom. The fourth-order valence-electron chi connectivity index (χ4n) is 2.76. The van der Waals surface area contributed by atoms with E-state index in [-0.39, 0.29) is 0 Å². The molecule has 7 heteroatoms. The molecule has 1 fully saturated rings. The fourth-order valence-corrected chi connectivity index (χ4v) is 3.21. The minimum Gasteiger partial charge on any atom is -0.374 e. The van der Waals surface area contributed by atoms with Crippen LogP contribution in [0.5, 0.6) is 0 Å². The summed E-state index contributed by atoms with van der Waals surface area (Å²) in [5.41, 5.74) is 9.62. The van der Waals surface area contributed by atoms with Gasteiger partial charge in [-0.3, -0.25) is 10.9 Å². The molecule has 0 unspecified atom stereocenters. The molecule has 0 saturated carbocycles. The lowest BCUT2D eigenvalue weighted by Crippen LogP contribution is -2.21. The molecule has 0 aliphatic carbocycles. The molecule has 2 aromatic rings. The number of fused-ring (bicyclic) bond motifs is 1. The predicted octanol–water partition coefficient (Wildman–Crippen LogP) is 3.10. The largest absolute Gasteiger partial charge is 0.374 e. The highest BCUT2D eigenvalue weighted by molar-refractivity contribution is 7.80. The Bertz CT molecular complexity index is 692. The van der Waals surface area contributed by atoms with E-state index in [1.165, 1.54) is 5.56 Å². The molecule has 0 amide bonds. The van der Waals surface area contributed by atoms with Gasteiger partial charge in [0.2, 0.25) is 0 Å². The third-order valence-electron chi connectivity index (χ3n) is 3.73. The summed E-state index contributed by atoms with van der Waals surface area (Å²) in [5, 5.41) is 5.46. The van der Waals surface area contributed by atoms with E-state index in [4.69, 9.17) is 35.4 Å². The molecule has 0 radical (unpaired) electrons. The number of hydrogen-bond acceptors (Lipinski definition) is 3. The minimum absolute atomic E-state index is 0.387. The van der Waals surface area contributed by atoms with E-state index in [0.29, 0.717) is 22.5 Å². The number of nitrogens with one attached hydrogen (secondary N) is 4. The number of halogens is 2. The zero-order chi connectivity index (χ0) is 15.0. The lowest BCUT2D eigenvalue weighted by molar-refractivity contribution is 0.689. The molecule has 1 saturated heterocycles. The number of hydrazine groups is 1. The van der Waals surface area contributed by atoms with Crippen molar-refractivity contribution in [2.45, 2.75) is 19.4 Å². The van der Waals surface area contributed by atoms with Crippen LogP contribution in [0, 0.1) is 0 Å². The fraction of sp³-hybridized carbons (Fsp3) is 0.357. The van der Waals surface area contributed by atoms with E-state index in [1.54, 1.807) is 0 Å². The molecule has 0 bridgehead atoms. The van der Waals surface area contributed by atoms with Gasteiger partial charge in [0.25, 0.3) is 0 Å². The van der Waals surface area contributed by atoms with Gasteiger partial charge in [0.05, 0.1) is 27.1 Å². The Morgan fingerprint density at radius 3 is 2.71 bits per heavy atom. The van der Waals surface area contributed by atoms with Crippen LogP contribution in [-0.2, 0) is 6.54 Å². The first-order valence-corrected chi connectivity index (χ1v) is 7.93. The summed E-state index contributed by atoms with van der Waals surface area (Å²) in [6.07, 6.45) is 0. The third-order valence-corrected chi connectivity index (χ3v) is 4.68. The van der Waals surface area contributed by atoms with Crippen molar-refractivity contribution in [3.63, 3.8) is 0 Å². The van der Waals surface area contributed by atoms with E-state index in [1.807, 2.05) is 19.1 Å². The Hall–Kier alpha value is -0.850. The number of aromatic nitrogens is 1. The van der Waals surface area contributed by atoms with Gasteiger partial charge in [0.15, 0.2) is 0 Å². The van der Waals surface area contributed by atoms with Crippen LogP contribution in [0.15, 0.2) is 12.1 Å². The number of thiocarbonyl (C=S) groups is 1. The summed E-state index contributed by atoms with van der Waals surface area (Å²) in [7, 11) is 0. The van der Waals surface area contributed by atoms with Gasteiger partial charge in [-0.2, -0.15) is 0 Å². The van der Waals surface area contributed by atoms with E-state index < -0.39 is 0 Å². The monoisotopic (exact) mass is 342 g/mol. The summed E-state index contributed by atoms with van der Waals surface area (Å²) >= 11 is 17.6. The van der Waals surface area contributed by atoms with Gasteiger partial charge < -0.3 is 10.3 Å². The quantitative estimate of drug-likeness (QED) is 0.647. The van der Waals surface area contributed by atoms with Crippen molar-refractivity contribution in [2.24, 2.45) is 0 Å². The molecule has 2 heterocycles. The van der Waals surface area contributed by atoms with Crippen molar-refractivity contribution in [2.75, 3.05) is 13.1 Å². The smallest absolute Gasteiger partial charge is 0.0833 e. The molecule has 1 aromatic heterocycles. The summed E-state index contributed by atoms with van der Waals surface area (Å²) in [6.45, 7) is 4.30. The highest BCUT2D eigenvalue weighted by Gasteiger charge is 2.24. The number of hydrogen-bond donors (Lipinski definition) is 4. The van der Waals surface area contributed by atoms with Crippen LogP contribution in [-0.4, -0.2) is 23.1 Å². The first-order chi connectivity index (χ1) is 10.1. The Kier molecular flexibility index (Phi) is 4.38. The molecule has 0 atom stereocenters. The second-order valence-electron chi connectivity index (χ2n) is 5.17. The van der Waals surface area contributed by atoms with Crippen LogP contribution in [0.4, 0.5) is 0 Å². The molecule has 0 spiro atoms. The topological polar surface area (TPSA) is 51.9 Å². The standard InChI is InChI=1S/C14H16Cl2N4S/c1-7(21)17-6-11-12(8-4-18-19-5-8)9-2-3-10(15)13(16)14(9)20-11/h2-3,8,18-20H,4-6H2,1H3,(H,17,21). The lowest BCUT2D eigenvalue weighted by Gasteiger charge is -2.11. The number of H-pyrrole nitrogens is 1. The van der Waals surface area contributed by atoms with Crippen molar-refractivity contribution < 1.29 is 0 Å². The number of aromatic amines is 1. The Labute approximate surface area is 138 Å². The van der Waals surface area contributed by atoms with Crippen LogP contribution in [0.2, 0.25) is 10.0 Å². The summed E-state index contributed by atoms with van der Waals surface area (Å²) in [4.78, 5) is 4.18. The van der Waals surface area contributed by atoms with Gasteiger partial charge in [-0.15, -0.1) is 0 Å². The molecule has 1 aliphatic heterocycles.